The first-order chi connectivity index (χ1) is 24.3. The molecule has 1 aliphatic rings. The summed E-state index contributed by atoms with van der Waals surface area (Å²) >= 11 is 0. The van der Waals surface area contributed by atoms with E-state index in [0.717, 1.165) is 6.42 Å². The van der Waals surface area contributed by atoms with E-state index in [1.54, 1.807) is 0 Å². The van der Waals surface area contributed by atoms with Gasteiger partial charge in [0.25, 0.3) is 0 Å². The number of rotatable bonds is 3. The van der Waals surface area contributed by atoms with Crippen molar-refractivity contribution in [3.8, 4) is 33.6 Å². The molecule has 0 amide bonds. The van der Waals surface area contributed by atoms with E-state index in [2.05, 4.69) is 179 Å². The van der Waals surface area contributed by atoms with Crippen molar-refractivity contribution in [3.05, 3.63) is 181 Å². The van der Waals surface area contributed by atoms with Crippen LogP contribution in [0.4, 0.5) is 0 Å². The Morgan fingerprint density at radius 3 is 1.57 bits per heavy atom. The van der Waals surface area contributed by atoms with Crippen LogP contribution in [0.5, 0.6) is 0 Å². The smallest absolute Gasteiger partial charge is 0.0547 e. The molecule has 49 heavy (non-hydrogen) atoms. The van der Waals surface area contributed by atoms with E-state index < -0.39 is 0 Å². The molecule has 2 aromatic heterocycles. The Morgan fingerprint density at radius 1 is 0.327 bits per heavy atom. The summed E-state index contributed by atoms with van der Waals surface area (Å²) in [4.78, 5) is 0. The van der Waals surface area contributed by atoms with E-state index in [4.69, 9.17) is 0 Å². The fourth-order valence-corrected chi connectivity index (χ4v) is 8.42. The average Bonchev–Trinajstić information content (AvgIpc) is 3.81. The van der Waals surface area contributed by atoms with Gasteiger partial charge in [0.1, 0.15) is 0 Å². The Hall–Kier alpha value is -6.38. The van der Waals surface area contributed by atoms with Gasteiger partial charge >= 0.3 is 0 Å². The molecule has 0 saturated carbocycles. The maximum Gasteiger partial charge on any atom is 0.0547 e. The quantitative estimate of drug-likeness (QED) is 0.186. The molecule has 0 N–H and O–H groups in total. The lowest BCUT2D eigenvalue weighted by Crippen LogP contribution is -1.95. The zero-order chi connectivity index (χ0) is 32.1. The van der Waals surface area contributed by atoms with Crippen molar-refractivity contribution >= 4 is 54.4 Å². The molecule has 0 spiro atoms. The summed E-state index contributed by atoms with van der Waals surface area (Å²) in [5.74, 6) is 0. The molecule has 0 bridgehead atoms. The van der Waals surface area contributed by atoms with Gasteiger partial charge in [-0.3, -0.25) is 0 Å². The highest BCUT2D eigenvalue weighted by Crippen LogP contribution is 2.41. The number of para-hydroxylation sites is 2. The van der Waals surface area contributed by atoms with Crippen molar-refractivity contribution in [2.24, 2.45) is 0 Å². The number of nitrogens with zero attached hydrogens (tertiary/aromatic N) is 2. The van der Waals surface area contributed by atoms with Gasteiger partial charge in [-0.05, 0) is 99.1 Å². The molecule has 0 atom stereocenters. The van der Waals surface area contributed by atoms with Crippen molar-refractivity contribution in [1.82, 2.24) is 9.13 Å². The molecule has 0 saturated heterocycles. The third kappa shape index (κ3) is 3.89. The Morgan fingerprint density at radius 2 is 0.857 bits per heavy atom. The molecule has 8 aromatic carbocycles. The Bertz CT molecular complexity index is 2970. The van der Waals surface area contributed by atoms with Crippen LogP contribution in [0, 0.1) is 0 Å². The van der Waals surface area contributed by atoms with Crippen LogP contribution in [0.25, 0.3) is 88.0 Å². The number of hydrogen-bond acceptors (Lipinski definition) is 0. The van der Waals surface area contributed by atoms with Crippen molar-refractivity contribution in [2.45, 2.75) is 6.42 Å². The lowest BCUT2D eigenvalue weighted by Gasteiger charge is -2.12. The van der Waals surface area contributed by atoms with Crippen molar-refractivity contribution in [3.63, 3.8) is 0 Å². The van der Waals surface area contributed by atoms with Crippen molar-refractivity contribution in [1.29, 1.82) is 0 Å². The second-order valence-corrected chi connectivity index (χ2v) is 13.4. The number of aromatic nitrogens is 2. The molecule has 10 aromatic rings. The fourth-order valence-electron chi connectivity index (χ4n) is 8.42. The highest BCUT2D eigenvalue weighted by Gasteiger charge is 2.21. The summed E-state index contributed by atoms with van der Waals surface area (Å²) in [6, 6.07) is 62.8. The van der Waals surface area contributed by atoms with Gasteiger partial charge in [0.05, 0.1) is 22.1 Å². The molecule has 2 heteroatoms. The van der Waals surface area contributed by atoms with Crippen molar-refractivity contribution < 1.29 is 0 Å². The zero-order valence-corrected chi connectivity index (χ0v) is 26.8. The van der Waals surface area contributed by atoms with Gasteiger partial charge < -0.3 is 9.13 Å². The van der Waals surface area contributed by atoms with Crippen LogP contribution >= 0.6 is 0 Å². The molecule has 2 heterocycles. The van der Waals surface area contributed by atoms with Gasteiger partial charge in [-0.2, -0.15) is 0 Å². The van der Waals surface area contributed by atoms with Gasteiger partial charge in [-0.15, -0.1) is 0 Å². The summed E-state index contributed by atoms with van der Waals surface area (Å²) in [7, 11) is 0. The first-order valence-corrected chi connectivity index (χ1v) is 17.1. The highest BCUT2D eigenvalue weighted by molar-refractivity contribution is 6.12. The number of fused-ring (bicyclic) bond motifs is 10. The number of hydrogen-bond donors (Lipinski definition) is 0. The van der Waals surface area contributed by atoms with Crippen LogP contribution in [0.2, 0.25) is 0 Å². The summed E-state index contributed by atoms with van der Waals surface area (Å²) in [6.45, 7) is 0. The minimum Gasteiger partial charge on any atom is -0.309 e. The SMILES string of the molecule is c1ccc2c(c1)Cc1ccc(-n3c4ccccc4c4ccc(-c5ccc6c7ccccc7n(-c7ccc8ccccc8c7)c6c5)cc43)cc1-2. The number of benzene rings is 8. The molecular weight excluding hydrogens is 593 g/mol. The summed E-state index contributed by atoms with van der Waals surface area (Å²) < 4.78 is 4.89. The summed E-state index contributed by atoms with van der Waals surface area (Å²) in [5.41, 5.74) is 15.2. The molecular formula is C47H30N2. The van der Waals surface area contributed by atoms with Crippen LogP contribution in [0.3, 0.4) is 0 Å². The molecule has 0 radical (unpaired) electrons. The van der Waals surface area contributed by atoms with Gasteiger partial charge in [-0.25, -0.2) is 0 Å². The van der Waals surface area contributed by atoms with Gasteiger partial charge in [0.15, 0.2) is 0 Å². The summed E-state index contributed by atoms with van der Waals surface area (Å²) in [6.07, 6.45) is 1.00. The minimum absolute atomic E-state index is 1.00. The lowest BCUT2D eigenvalue weighted by atomic mass is 10.0. The molecule has 2 nitrogen and oxygen atoms in total. The predicted octanol–water partition coefficient (Wildman–Crippen LogP) is 12.3. The van der Waals surface area contributed by atoms with Crippen LogP contribution in [0.15, 0.2) is 170 Å². The van der Waals surface area contributed by atoms with Crippen LogP contribution in [0.1, 0.15) is 11.1 Å². The van der Waals surface area contributed by atoms with E-state index in [1.165, 1.54) is 99.1 Å². The van der Waals surface area contributed by atoms with E-state index in [0.29, 0.717) is 0 Å². The van der Waals surface area contributed by atoms with E-state index >= 15 is 0 Å². The second-order valence-electron chi connectivity index (χ2n) is 13.4. The second kappa shape index (κ2) is 10.1. The first-order valence-electron chi connectivity index (χ1n) is 17.1. The minimum atomic E-state index is 1.00. The van der Waals surface area contributed by atoms with Gasteiger partial charge in [0, 0.05) is 32.9 Å². The Labute approximate surface area is 283 Å². The van der Waals surface area contributed by atoms with Crippen molar-refractivity contribution in [2.75, 3.05) is 0 Å². The van der Waals surface area contributed by atoms with Gasteiger partial charge in [-0.1, -0.05) is 121 Å². The third-order valence-electron chi connectivity index (χ3n) is 10.7. The third-order valence-corrected chi connectivity index (χ3v) is 10.7. The Kier molecular flexibility index (Phi) is 5.47. The molecule has 0 fully saturated rings. The van der Waals surface area contributed by atoms with Crippen LogP contribution in [-0.4, -0.2) is 9.13 Å². The average molecular weight is 623 g/mol. The van der Waals surface area contributed by atoms with E-state index in [-0.39, 0.29) is 0 Å². The topological polar surface area (TPSA) is 9.86 Å². The first kappa shape index (κ1) is 26.7. The summed E-state index contributed by atoms with van der Waals surface area (Å²) in [5, 5.41) is 7.58. The molecule has 1 aliphatic carbocycles. The fraction of sp³-hybridized carbons (Fsp3) is 0.0213. The molecule has 0 unspecified atom stereocenters. The van der Waals surface area contributed by atoms with Crippen LogP contribution in [-0.2, 0) is 6.42 Å². The maximum absolute atomic E-state index is 2.46. The maximum atomic E-state index is 2.46. The van der Waals surface area contributed by atoms with Gasteiger partial charge in [0.2, 0.25) is 0 Å². The molecule has 228 valence electrons. The largest absolute Gasteiger partial charge is 0.309 e. The van der Waals surface area contributed by atoms with Crippen LogP contribution < -0.4 is 0 Å². The van der Waals surface area contributed by atoms with E-state index in [1.807, 2.05) is 0 Å². The van der Waals surface area contributed by atoms with E-state index in [9.17, 15) is 0 Å². The normalized spacial score (nSPS) is 12.4. The zero-order valence-electron chi connectivity index (χ0n) is 26.8. The highest BCUT2D eigenvalue weighted by atomic mass is 15.0. The Balaban J connectivity index is 1.13. The lowest BCUT2D eigenvalue weighted by molar-refractivity contribution is 1.17. The monoisotopic (exact) mass is 622 g/mol. The molecule has 11 rings (SSSR count). The molecule has 0 aliphatic heterocycles. The standard InChI is InChI=1S/C47H30N2/c1-2-10-31-26-36(21-17-30(31)9-1)48-44-15-7-5-13-39(44)41-23-19-32(27-46(41)48)33-20-24-42-40-14-6-8-16-45(40)49(47(42)28-33)37-22-18-35-25-34-11-3-4-12-38(34)43(35)29-37/h1-24,26-29H,25H2. The predicted molar refractivity (Wildman–Crippen MR) is 206 cm³/mol.